The quantitative estimate of drug-likeness (QED) is 0.810. The lowest BCUT2D eigenvalue weighted by Crippen LogP contribution is -2.51. The smallest absolute Gasteiger partial charge is 0.222 e. The Morgan fingerprint density at radius 2 is 2.05 bits per heavy atom. The Hall–Kier alpha value is -1.16. The number of ketones is 1. The molecule has 0 unspecified atom stereocenters. The minimum absolute atomic E-state index is 0.0453. The van der Waals surface area contributed by atoms with Gasteiger partial charge in [0.15, 0.2) is 0 Å². The molecule has 0 bridgehead atoms. The Morgan fingerprint density at radius 1 is 1.43 bits per heavy atom. The van der Waals surface area contributed by atoms with Crippen molar-refractivity contribution in [3.63, 3.8) is 0 Å². The first-order valence-electron chi connectivity index (χ1n) is 7.74. The first-order valence-corrected chi connectivity index (χ1v) is 7.74. The van der Waals surface area contributed by atoms with E-state index in [1.165, 1.54) is 0 Å². The maximum atomic E-state index is 12.6. The second-order valence-electron chi connectivity index (χ2n) is 7.32. The van der Waals surface area contributed by atoms with Crippen molar-refractivity contribution in [2.75, 3.05) is 20.7 Å². The molecule has 1 saturated carbocycles. The molecule has 0 aromatic carbocycles. The summed E-state index contributed by atoms with van der Waals surface area (Å²) in [6.45, 7) is 5.94. The fourth-order valence-electron chi connectivity index (χ4n) is 4.09. The molecule has 2 aliphatic rings. The largest absolute Gasteiger partial charge is 0.395 e. The van der Waals surface area contributed by atoms with E-state index in [1.54, 1.807) is 19.0 Å². The topological polar surface area (TPSA) is 57.6 Å². The summed E-state index contributed by atoms with van der Waals surface area (Å²) in [6, 6.07) is 0. The van der Waals surface area contributed by atoms with Crippen LogP contribution in [-0.4, -0.2) is 42.4 Å². The highest BCUT2D eigenvalue weighted by Crippen LogP contribution is 2.61. The van der Waals surface area contributed by atoms with Gasteiger partial charge in [0.25, 0.3) is 0 Å². The third kappa shape index (κ3) is 2.24. The number of nitrogens with zero attached hydrogens (tertiary/aromatic N) is 1. The predicted molar refractivity (Wildman–Crippen MR) is 81.6 cm³/mol. The number of carbonyl (C=O) groups excluding carboxylic acids is 2. The molecule has 0 aliphatic heterocycles. The number of aliphatic hydroxyl groups excluding tert-OH is 1. The summed E-state index contributed by atoms with van der Waals surface area (Å²) in [5.41, 5.74) is 0.196. The molecule has 0 heterocycles. The average molecular weight is 293 g/mol. The van der Waals surface area contributed by atoms with Crippen LogP contribution in [0.4, 0.5) is 0 Å². The molecular weight excluding hydrogens is 266 g/mol. The van der Waals surface area contributed by atoms with Gasteiger partial charge in [0, 0.05) is 43.7 Å². The van der Waals surface area contributed by atoms with Crippen molar-refractivity contribution in [2.45, 2.75) is 40.0 Å². The van der Waals surface area contributed by atoms with Crippen LogP contribution in [0.3, 0.4) is 0 Å². The molecule has 1 fully saturated rings. The van der Waals surface area contributed by atoms with E-state index in [1.807, 2.05) is 13.8 Å². The van der Waals surface area contributed by atoms with Gasteiger partial charge in [-0.2, -0.15) is 0 Å². The molecule has 2 aliphatic carbocycles. The van der Waals surface area contributed by atoms with Crippen molar-refractivity contribution in [3.8, 4) is 0 Å². The summed E-state index contributed by atoms with van der Waals surface area (Å²) < 4.78 is 0. The second kappa shape index (κ2) is 5.24. The zero-order valence-corrected chi connectivity index (χ0v) is 13.8. The Balaban J connectivity index is 2.48. The lowest BCUT2D eigenvalue weighted by molar-refractivity contribution is -0.138. The van der Waals surface area contributed by atoms with E-state index in [2.05, 4.69) is 13.0 Å². The Bertz CT molecular complexity index is 496. The first kappa shape index (κ1) is 16.2. The van der Waals surface area contributed by atoms with Crippen LogP contribution in [0.2, 0.25) is 0 Å². The Labute approximate surface area is 127 Å². The number of rotatable bonds is 3. The van der Waals surface area contributed by atoms with Gasteiger partial charge in [-0.3, -0.25) is 9.59 Å². The van der Waals surface area contributed by atoms with Crippen molar-refractivity contribution in [2.24, 2.45) is 22.7 Å². The number of allylic oxidation sites excluding steroid dienone is 1. The lowest BCUT2D eigenvalue weighted by atomic mass is 9.52. The van der Waals surface area contributed by atoms with E-state index >= 15 is 0 Å². The molecular formula is C17H27NO3. The Kier molecular flexibility index (Phi) is 4.04. The molecule has 0 spiro atoms. The molecule has 0 aromatic heterocycles. The predicted octanol–water partition coefficient (Wildman–Crippen LogP) is 2.02. The zero-order valence-electron chi connectivity index (χ0n) is 13.8. The van der Waals surface area contributed by atoms with Gasteiger partial charge >= 0.3 is 0 Å². The fourth-order valence-corrected chi connectivity index (χ4v) is 4.09. The molecule has 0 aromatic rings. The van der Waals surface area contributed by atoms with Gasteiger partial charge < -0.3 is 10.0 Å². The summed E-state index contributed by atoms with van der Waals surface area (Å²) >= 11 is 0. The summed E-state index contributed by atoms with van der Waals surface area (Å²) in [5.74, 6) is 0.293. The number of amides is 1. The molecule has 1 amide bonds. The SMILES string of the molecule is C[C@H]1CC=C2[C@]1(CC(=O)N(C)C)CC(=O)[C@H](C)[C@]2(C)CO. The van der Waals surface area contributed by atoms with E-state index in [0.717, 1.165) is 12.0 Å². The minimum Gasteiger partial charge on any atom is -0.395 e. The van der Waals surface area contributed by atoms with Crippen LogP contribution in [0.1, 0.15) is 40.0 Å². The fraction of sp³-hybridized carbons (Fsp3) is 0.765. The highest BCUT2D eigenvalue weighted by atomic mass is 16.3. The highest BCUT2D eigenvalue weighted by Gasteiger charge is 2.58. The standard InChI is InChI=1S/C17H27NO3/c1-11-6-7-14-16(3,10-19)12(2)13(20)8-17(11,14)9-15(21)18(4)5/h7,11-12,19H,6,8-10H2,1-5H3/t11-,12-,16-,17-/m0/s1. The third-order valence-electron chi connectivity index (χ3n) is 5.99. The number of carbonyl (C=O) groups is 2. The van der Waals surface area contributed by atoms with Crippen molar-refractivity contribution < 1.29 is 14.7 Å². The van der Waals surface area contributed by atoms with Gasteiger partial charge in [0.1, 0.15) is 5.78 Å². The number of hydrogen-bond acceptors (Lipinski definition) is 3. The van der Waals surface area contributed by atoms with Crippen LogP contribution in [0.25, 0.3) is 0 Å². The van der Waals surface area contributed by atoms with Crippen LogP contribution < -0.4 is 0 Å². The molecule has 0 radical (unpaired) electrons. The van der Waals surface area contributed by atoms with Crippen molar-refractivity contribution in [1.82, 2.24) is 4.90 Å². The lowest BCUT2D eigenvalue weighted by Gasteiger charge is -2.51. The summed E-state index contributed by atoms with van der Waals surface area (Å²) in [6.07, 6.45) is 3.84. The number of Topliss-reactive ketones (excluding diaryl/α,β-unsaturated/α-hetero) is 1. The van der Waals surface area contributed by atoms with Gasteiger partial charge in [0.05, 0.1) is 6.61 Å². The summed E-state index contributed by atoms with van der Waals surface area (Å²) in [7, 11) is 3.50. The van der Waals surface area contributed by atoms with E-state index in [0.29, 0.717) is 12.8 Å². The van der Waals surface area contributed by atoms with Crippen molar-refractivity contribution in [3.05, 3.63) is 11.6 Å². The second-order valence-corrected chi connectivity index (χ2v) is 7.32. The van der Waals surface area contributed by atoms with Crippen molar-refractivity contribution in [1.29, 1.82) is 0 Å². The third-order valence-corrected chi connectivity index (χ3v) is 5.99. The van der Waals surface area contributed by atoms with Gasteiger partial charge in [-0.25, -0.2) is 0 Å². The van der Waals surface area contributed by atoms with Crippen LogP contribution >= 0.6 is 0 Å². The molecule has 118 valence electrons. The van der Waals surface area contributed by atoms with E-state index in [9.17, 15) is 14.7 Å². The monoisotopic (exact) mass is 293 g/mol. The molecule has 0 saturated heterocycles. The zero-order chi connectivity index (χ0) is 16.0. The summed E-state index contributed by atoms with van der Waals surface area (Å²) in [5, 5.41) is 9.94. The molecule has 4 heteroatoms. The van der Waals surface area contributed by atoms with Gasteiger partial charge in [-0.05, 0) is 12.3 Å². The molecule has 4 nitrogen and oxygen atoms in total. The van der Waals surface area contributed by atoms with Crippen molar-refractivity contribution >= 4 is 11.7 Å². The van der Waals surface area contributed by atoms with Crippen LogP contribution in [0.15, 0.2) is 11.6 Å². The first-order chi connectivity index (χ1) is 9.69. The van der Waals surface area contributed by atoms with Gasteiger partial charge in [0.2, 0.25) is 5.91 Å². The number of hydrogen-bond donors (Lipinski definition) is 1. The molecule has 1 N–H and O–H groups in total. The van der Waals surface area contributed by atoms with Crippen LogP contribution in [0.5, 0.6) is 0 Å². The molecule has 4 atom stereocenters. The van der Waals surface area contributed by atoms with E-state index in [4.69, 9.17) is 0 Å². The Morgan fingerprint density at radius 3 is 2.57 bits per heavy atom. The number of fused-ring (bicyclic) bond motifs is 1. The van der Waals surface area contributed by atoms with Gasteiger partial charge in [-0.15, -0.1) is 0 Å². The molecule has 21 heavy (non-hydrogen) atoms. The van der Waals surface area contributed by atoms with Crippen LogP contribution in [0, 0.1) is 22.7 Å². The highest BCUT2D eigenvalue weighted by molar-refractivity contribution is 5.87. The summed E-state index contributed by atoms with van der Waals surface area (Å²) in [4.78, 5) is 26.5. The normalized spacial score (nSPS) is 39.0. The van der Waals surface area contributed by atoms with E-state index in [-0.39, 0.29) is 30.1 Å². The average Bonchev–Trinajstić information content (AvgIpc) is 2.74. The maximum absolute atomic E-state index is 12.6. The van der Waals surface area contributed by atoms with E-state index < -0.39 is 10.8 Å². The van der Waals surface area contributed by atoms with Gasteiger partial charge in [-0.1, -0.05) is 32.4 Å². The molecule has 2 rings (SSSR count). The number of aliphatic hydroxyl groups is 1. The van der Waals surface area contributed by atoms with Crippen LogP contribution in [-0.2, 0) is 9.59 Å². The minimum atomic E-state index is -0.535. The maximum Gasteiger partial charge on any atom is 0.222 e.